The van der Waals surface area contributed by atoms with Gasteiger partial charge < -0.3 is 5.32 Å². The lowest BCUT2D eigenvalue weighted by molar-refractivity contribution is 0.299. The number of hydrogen-bond acceptors (Lipinski definition) is 2. The van der Waals surface area contributed by atoms with Gasteiger partial charge in [0.1, 0.15) is 11.6 Å². The first kappa shape index (κ1) is 14.6. The standard InChI is InChI=1S/C14H19F2NOS/c1-14(2)7-6-11(13(14)17-3)19(18)12-8-9(15)4-5-10(12)16/h4-5,8,11,13,17H,6-7H2,1-3H3. The highest BCUT2D eigenvalue weighted by atomic mass is 32.2. The van der Waals surface area contributed by atoms with Gasteiger partial charge in [-0.05, 0) is 43.5 Å². The molecule has 106 valence electrons. The molecule has 0 aromatic heterocycles. The van der Waals surface area contributed by atoms with Crippen LogP contribution >= 0.6 is 0 Å². The minimum Gasteiger partial charge on any atom is -0.315 e. The van der Waals surface area contributed by atoms with Crippen LogP contribution in [0.15, 0.2) is 23.1 Å². The third-order valence-corrected chi connectivity index (χ3v) is 5.79. The second-order valence-corrected chi connectivity index (χ2v) is 7.34. The van der Waals surface area contributed by atoms with E-state index >= 15 is 0 Å². The molecule has 1 aliphatic carbocycles. The summed E-state index contributed by atoms with van der Waals surface area (Å²) >= 11 is 0. The summed E-state index contributed by atoms with van der Waals surface area (Å²) in [5.74, 6) is -1.15. The molecule has 1 aromatic rings. The minimum absolute atomic E-state index is 0.0128. The Labute approximate surface area is 115 Å². The van der Waals surface area contributed by atoms with Crippen molar-refractivity contribution >= 4 is 10.8 Å². The molecule has 1 aromatic carbocycles. The minimum atomic E-state index is -1.53. The van der Waals surface area contributed by atoms with Gasteiger partial charge in [-0.25, -0.2) is 8.78 Å². The van der Waals surface area contributed by atoms with E-state index in [9.17, 15) is 13.0 Å². The zero-order chi connectivity index (χ0) is 14.2. The van der Waals surface area contributed by atoms with Crippen molar-refractivity contribution in [1.82, 2.24) is 5.32 Å². The van der Waals surface area contributed by atoms with Crippen LogP contribution in [0.1, 0.15) is 26.7 Å². The lowest BCUT2D eigenvalue weighted by Gasteiger charge is -2.30. The van der Waals surface area contributed by atoms with Gasteiger partial charge in [0, 0.05) is 6.04 Å². The van der Waals surface area contributed by atoms with E-state index < -0.39 is 22.4 Å². The van der Waals surface area contributed by atoms with Crippen molar-refractivity contribution in [2.24, 2.45) is 5.41 Å². The van der Waals surface area contributed by atoms with Crippen molar-refractivity contribution in [3.05, 3.63) is 29.8 Å². The van der Waals surface area contributed by atoms with Gasteiger partial charge in [-0.1, -0.05) is 13.8 Å². The Morgan fingerprint density at radius 3 is 2.68 bits per heavy atom. The van der Waals surface area contributed by atoms with Crippen LogP contribution in [-0.2, 0) is 10.8 Å². The maximum absolute atomic E-state index is 13.7. The van der Waals surface area contributed by atoms with Crippen molar-refractivity contribution in [2.45, 2.75) is 42.9 Å². The maximum Gasteiger partial charge on any atom is 0.139 e. The number of halogens is 2. The summed E-state index contributed by atoms with van der Waals surface area (Å²) in [4.78, 5) is -0.0250. The second kappa shape index (κ2) is 5.29. The molecule has 0 radical (unpaired) electrons. The van der Waals surface area contributed by atoms with Crippen LogP contribution in [0.3, 0.4) is 0 Å². The third kappa shape index (κ3) is 2.72. The van der Waals surface area contributed by atoms with Crippen molar-refractivity contribution in [3.63, 3.8) is 0 Å². The predicted molar refractivity (Wildman–Crippen MR) is 72.4 cm³/mol. The lowest BCUT2D eigenvalue weighted by Crippen LogP contribution is -2.44. The fraction of sp³-hybridized carbons (Fsp3) is 0.571. The normalized spacial score (nSPS) is 27.4. The largest absolute Gasteiger partial charge is 0.315 e. The maximum atomic E-state index is 13.7. The molecule has 1 N–H and O–H groups in total. The first-order valence-electron chi connectivity index (χ1n) is 6.39. The Bertz CT molecular complexity index is 504. The molecule has 3 atom stereocenters. The number of hydrogen-bond donors (Lipinski definition) is 1. The first-order chi connectivity index (χ1) is 8.86. The summed E-state index contributed by atoms with van der Waals surface area (Å²) in [6, 6.07) is 3.17. The third-order valence-electron chi connectivity index (χ3n) is 3.98. The van der Waals surface area contributed by atoms with Crippen molar-refractivity contribution in [1.29, 1.82) is 0 Å². The van der Waals surface area contributed by atoms with Crippen LogP contribution in [0.25, 0.3) is 0 Å². The second-order valence-electron chi connectivity index (χ2n) is 5.70. The van der Waals surface area contributed by atoms with E-state index in [1.165, 1.54) is 0 Å². The summed E-state index contributed by atoms with van der Waals surface area (Å²) in [5, 5.41) is 3.00. The quantitative estimate of drug-likeness (QED) is 0.926. The molecule has 5 heteroatoms. The van der Waals surface area contributed by atoms with Gasteiger partial charge in [-0.15, -0.1) is 0 Å². The lowest BCUT2D eigenvalue weighted by atomic mass is 9.87. The molecular weight excluding hydrogens is 268 g/mol. The Balaban J connectivity index is 2.32. The molecule has 1 saturated carbocycles. The van der Waals surface area contributed by atoms with E-state index in [0.717, 1.165) is 31.0 Å². The Morgan fingerprint density at radius 1 is 1.37 bits per heavy atom. The van der Waals surface area contributed by atoms with Gasteiger partial charge in [0.25, 0.3) is 0 Å². The predicted octanol–water partition coefficient (Wildman–Crippen LogP) is 2.85. The van der Waals surface area contributed by atoms with Crippen LogP contribution in [0.2, 0.25) is 0 Å². The van der Waals surface area contributed by atoms with Gasteiger partial charge in [0.05, 0.1) is 20.9 Å². The molecule has 19 heavy (non-hydrogen) atoms. The van der Waals surface area contributed by atoms with Gasteiger partial charge in [0.2, 0.25) is 0 Å². The van der Waals surface area contributed by atoms with Crippen LogP contribution in [-0.4, -0.2) is 22.5 Å². The van der Waals surface area contributed by atoms with E-state index in [-0.39, 0.29) is 21.6 Å². The highest BCUT2D eigenvalue weighted by Crippen LogP contribution is 2.41. The van der Waals surface area contributed by atoms with E-state index in [2.05, 4.69) is 19.2 Å². The summed E-state index contributed by atoms with van der Waals surface area (Å²) in [5.41, 5.74) is 0.0128. The summed E-state index contributed by atoms with van der Waals surface area (Å²) in [6.07, 6.45) is 1.67. The number of benzene rings is 1. The fourth-order valence-corrected chi connectivity index (χ4v) is 4.84. The molecule has 2 rings (SSSR count). The zero-order valence-corrected chi connectivity index (χ0v) is 12.2. The molecule has 0 saturated heterocycles. The van der Waals surface area contributed by atoms with E-state index in [1.807, 2.05) is 7.05 Å². The molecule has 1 fully saturated rings. The van der Waals surface area contributed by atoms with E-state index in [0.29, 0.717) is 0 Å². The summed E-state index contributed by atoms with van der Waals surface area (Å²) in [6.45, 7) is 4.21. The fourth-order valence-electron chi connectivity index (χ4n) is 2.94. The highest BCUT2D eigenvalue weighted by Gasteiger charge is 2.44. The van der Waals surface area contributed by atoms with Crippen molar-refractivity contribution < 1.29 is 13.0 Å². The molecule has 0 spiro atoms. The average molecular weight is 287 g/mol. The molecule has 3 unspecified atom stereocenters. The SMILES string of the molecule is CNC1C(S(=O)c2cc(F)ccc2F)CCC1(C)C. The summed E-state index contributed by atoms with van der Waals surface area (Å²) in [7, 11) is 0.289. The monoisotopic (exact) mass is 287 g/mol. The van der Waals surface area contributed by atoms with Crippen LogP contribution in [0, 0.1) is 17.0 Å². The molecule has 2 nitrogen and oxygen atoms in total. The van der Waals surface area contributed by atoms with Crippen LogP contribution in [0.4, 0.5) is 8.78 Å². The van der Waals surface area contributed by atoms with Gasteiger partial charge in [0.15, 0.2) is 0 Å². The molecule has 1 aliphatic rings. The van der Waals surface area contributed by atoms with Crippen molar-refractivity contribution in [3.8, 4) is 0 Å². The Morgan fingerprint density at radius 2 is 2.05 bits per heavy atom. The van der Waals surface area contributed by atoms with Gasteiger partial charge >= 0.3 is 0 Å². The number of nitrogens with one attached hydrogen (secondary N) is 1. The van der Waals surface area contributed by atoms with Gasteiger partial charge in [-0.3, -0.25) is 4.21 Å². The Kier molecular flexibility index (Phi) is 4.06. The zero-order valence-electron chi connectivity index (χ0n) is 11.4. The highest BCUT2D eigenvalue weighted by molar-refractivity contribution is 7.85. The van der Waals surface area contributed by atoms with Crippen LogP contribution < -0.4 is 5.32 Å². The van der Waals surface area contributed by atoms with E-state index in [1.54, 1.807) is 0 Å². The van der Waals surface area contributed by atoms with Crippen LogP contribution in [0.5, 0.6) is 0 Å². The first-order valence-corrected chi connectivity index (χ1v) is 7.61. The molecule has 0 amide bonds. The number of rotatable bonds is 3. The van der Waals surface area contributed by atoms with E-state index in [4.69, 9.17) is 0 Å². The molecule has 0 bridgehead atoms. The summed E-state index contributed by atoms with van der Waals surface area (Å²) < 4.78 is 39.5. The topological polar surface area (TPSA) is 29.1 Å². The molecule has 0 heterocycles. The molecule has 0 aliphatic heterocycles. The van der Waals surface area contributed by atoms with Gasteiger partial charge in [-0.2, -0.15) is 0 Å². The average Bonchev–Trinajstić information content (AvgIpc) is 2.66. The van der Waals surface area contributed by atoms with Crippen molar-refractivity contribution in [2.75, 3.05) is 7.05 Å². The Hall–Kier alpha value is -0.810. The smallest absolute Gasteiger partial charge is 0.139 e. The molecular formula is C14H19F2NOS.